The summed E-state index contributed by atoms with van der Waals surface area (Å²) in [5, 5.41) is 2.40. The molecule has 5 aromatic rings. The molecule has 3 unspecified atom stereocenters. The first-order chi connectivity index (χ1) is 24.9. The van der Waals surface area contributed by atoms with Crippen LogP contribution < -0.4 is 19.8 Å². The standard InChI is InChI=1S/C42H44O10/c1-25(7-10-35-40(3,4)50-35)15-20-47-39-28-13-18-42(49-34(28)24-32-30(39)17-22-45-32)51-36(41(5,6)52-42)11-8-26(2)14-19-46-38-27-9-12-37(43)48-33(27)23-31-29(38)16-21-44-31/h9,12-18,21-24,35-36H,7-8,10-11,19-20H2,1-6H3. The number of allylic oxidation sites excluding steroid dienone is 2. The summed E-state index contributed by atoms with van der Waals surface area (Å²) in [6, 6.07) is 10.4. The van der Waals surface area contributed by atoms with Gasteiger partial charge < -0.3 is 41.7 Å². The van der Waals surface area contributed by atoms with Gasteiger partial charge in [-0.25, -0.2) is 4.79 Å². The summed E-state index contributed by atoms with van der Waals surface area (Å²) in [6.07, 6.45) is 14.7. The van der Waals surface area contributed by atoms with Crippen LogP contribution in [-0.2, 0) is 14.2 Å². The second-order valence-corrected chi connectivity index (χ2v) is 15.0. The van der Waals surface area contributed by atoms with Gasteiger partial charge in [-0.05, 0) is 104 Å². The van der Waals surface area contributed by atoms with Crippen molar-refractivity contribution in [2.45, 2.75) is 96.6 Å². The molecule has 3 aliphatic rings. The summed E-state index contributed by atoms with van der Waals surface area (Å²) in [7, 11) is 0. The lowest BCUT2D eigenvalue weighted by Crippen LogP contribution is -2.38. The molecule has 1 spiro atoms. The van der Waals surface area contributed by atoms with E-state index in [2.05, 4.69) is 33.8 Å². The molecule has 10 nitrogen and oxygen atoms in total. The van der Waals surface area contributed by atoms with Gasteiger partial charge in [0.2, 0.25) is 0 Å². The van der Waals surface area contributed by atoms with Crippen LogP contribution in [0.2, 0.25) is 0 Å². The monoisotopic (exact) mass is 708 g/mol. The summed E-state index contributed by atoms with van der Waals surface area (Å²) >= 11 is 0. The Balaban J connectivity index is 0.918. The number of hydrogen-bond donors (Lipinski definition) is 0. The van der Waals surface area contributed by atoms with Crippen molar-refractivity contribution in [3.05, 3.63) is 94.3 Å². The molecule has 0 radical (unpaired) electrons. The molecule has 2 fully saturated rings. The molecule has 3 atom stereocenters. The average Bonchev–Trinajstić information content (AvgIpc) is 3.49. The maximum absolute atomic E-state index is 11.8. The van der Waals surface area contributed by atoms with Crippen molar-refractivity contribution in [1.29, 1.82) is 0 Å². The lowest BCUT2D eigenvalue weighted by molar-refractivity contribution is -0.270. The Labute approximate surface area is 301 Å². The molecule has 0 amide bonds. The van der Waals surface area contributed by atoms with E-state index in [9.17, 15) is 4.79 Å². The Morgan fingerprint density at radius 3 is 2.02 bits per heavy atom. The van der Waals surface area contributed by atoms with Gasteiger partial charge in [0.05, 0.1) is 57.7 Å². The molecule has 3 aliphatic heterocycles. The van der Waals surface area contributed by atoms with Crippen molar-refractivity contribution in [2.24, 2.45) is 0 Å². The number of furan rings is 2. The Morgan fingerprint density at radius 2 is 1.35 bits per heavy atom. The quantitative estimate of drug-likeness (QED) is 0.0705. The highest BCUT2D eigenvalue weighted by atomic mass is 16.9. The van der Waals surface area contributed by atoms with Crippen molar-refractivity contribution in [3.63, 3.8) is 0 Å². The van der Waals surface area contributed by atoms with Gasteiger partial charge in [-0.2, -0.15) is 0 Å². The minimum atomic E-state index is -1.38. The van der Waals surface area contributed by atoms with E-state index in [1.54, 1.807) is 24.7 Å². The zero-order valence-corrected chi connectivity index (χ0v) is 30.4. The fourth-order valence-corrected chi connectivity index (χ4v) is 7.13. The first-order valence-electron chi connectivity index (χ1n) is 17.9. The zero-order chi connectivity index (χ0) is 36.3. The average molecular weight is 709 g/mol. The van der Waals surface area contributed by atoms with Gasteiger partial charge in [0.1, 0.15) is 47.2 Å². The van der Waals surface area contributed by atoms with E-state index < -0.39 is 17.2 Å². The van der Waals surface area contributed by atoms with E-state index >= 15 is 0 Å². The van der Waals surface area contributed by atoms with Gasteiger partial charge >= 0.3 is 11.6 Å². The van der Waals surface area contributed by atoms with E-state index in [1.165, 1.54) is 11.6 Å². The van der Waals surface area contributed by atoms with Gasteiger partial charge in [0, 0.05) is 24.3 Å². The van der Waals surface area contributed by atoms with Crippen molar-refractivity contribution < 1.29 is 41.7 Å². The smallest absolute Gasteiger partial charge is 0.350 e. The number of epoxide rings is 1. The molecule has 10 heteroatoms. The number of fused-ring (bicyclic) bond motifs is 4. The Hall–Kier alpha value is -4.77. The zero-order valence-electron chi connectivity index (χ0n) is 30.4. The maximum atomic E-state index is 11.8. The lowest BCUT2D eigenvalue weighted by atomic mass is 9.96. The van der Waals surface area contributed by atoms with Crippen LogP contribution in [0, 0.1) is 0 Å². The predicted octanol–water partition coefficient (Wildman–Crippen LogP) is 9.63. The van der Waals surface area contributed by atoms with Crippen LogP contribution in [0.25, 0.3) is 39.0 Å². The Kier molecular flexibility index (Phi) is 8.59. The fraction of sp³-hybridized carbons (Fsp3) is 0.405. The van der Waals surface area contributed by atoms with Crippen LogP contribution in [0.5, 0.6) is 17.2 Å². The first-order valence-corrected chi connectivity index (χ1v) is 17.9. The Bertz CT molecular complexity index is 2300. The van der Waals surface area contributed by atoms with E-state index in [-0.39, 0.29) is 11.7 Å². The number of benzene rings is 2. The number of hydrogen-bond acceptors (Lipinski definition) is 10. The summed E-state index contributed by atoms with van der Waals surface area (Å²) in [4.78, 5) is 11.8. The minimum Gasteiger partial charge on any atom is -0.488 e. The van der Waals surface area contributed by atoms with Crippen molar-refractivity contribution in [3.8, 4) is 17.2 Å². The van der Waals surface area contributed by atoms with Gasteiger partial charge in [-0.1, -0.05) is 11.1 Å². The van der Waals surface area contributed by atoms with Crippen molar-refractivity contribution >= 4 is 39.0 Å². The summed E-state index contributed by atoms with van der Waals surface area (Å²) < 4.78 is 54.7. The van der Waals surface area contributed by atoms with Crippen LogP contribution in [-0.4, -0.2) is 42.6 Å². The second kappa shape index (κ2) is 13.0. The largest absolute Gasteiger partial charge is 0.488 e. The molecule has 0 N–H and O–H groups in total. The molecular formula is C42H44O10. The molecule has 0 aliphatic carbocycles. The molecule has 2 aromatic carbocycles. The SMILES string of the molecule is CC(=CCOc1c2c(cc3occc13)OC1(C=C2)OC(CCC(C)=CCOc2c3ccoc3cc3oc(=O)ccc23)C(C)(C)O1)CCC1OC1(C)C. The summed E-state index contributed by atoms with van der Waals surface area (Å²) in [5.41, 5.74) is 3.83. The van der Waals surface area contributed by atoms with Crippen LogP contribution in [0.4, 0.5) is 0 Å². The van der Waals surface area contributed by atoms with Crippen molar-refractivity contribution in [1.82, 2.24) is 0 Å². The highest BCUT2D eigenvalue weighted by Gasteiger charge is 2.54. The second-order valence-electron chi connectivity index (χ2n) is 15.0. The van der Waals surface area contributed by atoms with E-state index in [4.69, 9.17) is 41.7 Å². The van der Waals surface area contributed by atoms with Gasteiger partial charge in [0.25, 0.3) is 0 Å². The van der Waals surface area contributed by atoms with Crippen LogP contribution >= 0.6 is 0 Å². The molecular weight excluding hydrogens is 664 g/mol. The predicted molar refractivity (Wildman–Crippen MR) is 197 cm³/mol. The van der Waals surface area contributed by atoms with E-state index in [0.717, 1.165) is 41.2 Å². The van der Waals surface area contributed by atoms with Gasteiger partial charge in [-0.3, -0.25) is 0 Å². The minimum absolute atomic E-state index is 0.00205. The first kappa shape index (κ1) is 34.3. The van der Waals surface area contributed by atoms with Crippen molar-refractivity contribution in [2.75, 3.05) is 13.2 Å². The molecule has 3 aromatic heterocycles. The third-order valence-corrected chi connectivity index (χ3v) is 10.3. The molecule has 272 valence electrons. The number of rotatable bonds is 12. The highest BCUT2D eigenvalue weighted by molar-refractivity contribution is 6.01. The third-order valence-electron chi connectivity index (χ3n) is 10.3. The summed E-state index contributed by atoms with van der Waals surface area (Å²) in [6.45, 7) is 13.3. The molecule has 6 heterocycles. The molecule has 2 saturated heterocycles. The van der Waals surface area contributed by atoms with E-state index in [1.807, 2.05) is 50.3 Å². The van der Waals surface area contributed by atoms with E-state index in [0.29, 0.717) is 65.1 Å². The van der Waals surface area contributed by atoms with Gasteiger partial charge in [-0.15, -0.1) is 0 Å². The van der Waals surface area contributed by atoms with Gasteiger partial charge in [0.15, 0.2) is 0 Å². The fourth-order valence-electron chi connectivity index (χ4n) is 7.13. The number of ether oxygens (including phenoxy) is 6. The lowest BCUT2D eigenvalue weighted by Gasteiger charge is -2.30. The Morgan fingerprint density at radius 1 is 0.750 bits per heavy atom. The highest BCUT2D eigenvalue weighted by Crippen LogP contribution is 2.48. The maximum Gasteiger partial charge on any atom is 0.350 e. The normalized spacial score (nSPS) is 23.4. The van der Waals surface area contributed by atoms with Crippen LogP contribution in [0.1, 0.15) is 72.8 Å². The molecule has 8 rings (SSSR count). The summed E-state index contributed by atoms with van der Waals surface area (Å²) in [5.74, 6) is 0.495. The topological polar surface area (TPSA) is 115 Å². The van der Waals surface area contributed by atoms with Crippen LogP contribution in [0.3, 0.4) is 0 Å². The third kappa shape index (κ3) is 6.66. The molecule has 0 saturated carbocycles. The molecule has 0 bridgehead atoms. The van der Waals surface area contributed by atoms with Crippen LogP contribution in [0.15, 0.2) is 96.3 Å². The molecule has 52 heavy (non-hydrogen) atoms.